The summed E-state index contributed by atoms with van der Waals surface area (Å²) >= 11 is 0. The average Bonchev–Trinajstić information content (AvgIpc) is 2.86. The lowest BCUT2D eigenvalue weighted by Gasteiger charge is -2.15. The quantitative estimate of drug-likeness (QED) is 0.555. The molecule has 0 aliphatic carbocycles. The summed E-state index contributed by atoms with van der Waals surface area (Å²) in [5, 5.41) is 9.72. The first-order valence-corrected chi connectivity index (χ1v) is 6.32. The Hall–Kier alpha value is -1.92. The second kappa shape index (κ2) is 8.23. The molecule has 0 radical (unpaired) electrons. The van der Waals surface area contributed by atoms with Crippen molar-refractivity contribution in [3.8, 4) is 0 Å². The van der Waals surface area contributed by atoms with Crippen LogP contribution in [0.1, 0.15) is 39.0 Å². The standard InChI is InChI=1S/C12H19N3O4/c1-3-4-5-6-18-12(17)10(14-9(2)16)7-11-15-13-8-19-11/h8,10H,3-7H2,1-2H3,(H,14,16). The van der Waals surface area contributed by atoms with Crippen LogP contribution in [0.4, 0.5) is 0 Å². The number of aromatic nitrogens is 2. The van der Waals surface area contributed by atoms with E-state index < -0.39 is 12.0 Å². The van der Waals surface area contributed by atoms with Gasteiger partial charge >= 0.3 is 5.97 Å². The van der Waals surface area contributed by atoms with Crippen LogP contribution in [0.2, 0.25) is 0 Å². The van der Waals surface area contributed by atoms with E-state index in [1.807, 2.05) is 0 Å². The van der Waals surface area contributed by atoms with E-state index in [1.54, 1.807) is 0 Å². The number of unbranched alkanes of at least 4 members (excludes halogenated alkanes) is 2. The van der Waals surface area contributed by atoms with Crippen molar-refractivity contribution < 1.29 is 18.7 Å². The maximum absolute atomic E-state index is 11.8. The van der Waals surface area contributed by atoms with Crippen molar-refractivity contribution in [1.29, 1.82) is 0 Å². The van der Waals surface area contributed by atoms with Crippen LogP contribution in [-0.4, -0.2) is 34.7 Å². The maximum atomic E-state index is 11.8. The molecule has 19 heavy (non-hydrogen) atoms. The van der Waals surface area contributed by atoms with Gasteiger partial charge in [0, 0.05) is 6.92 Å². The van der Waals surface area contributed by atoms with Gasteiger partial charge in [0.05, 0.1) is 13.0 Å². The number of carbonyl (C=O) groups is 2. The molecule has 1 atom stereocenters. The van der Waals surface area contributed by atoms with Crippen molar-refractivity contribution in [2.24, 2.45) is 0 Å². The summed E-state index contributed by atoms with van der Waals surface area (Å²) in [4.78, 5) is 22.9. The lowest BCUT2D eigenvalue weighted by molar-refractivity contribution is -0.148. The summed E-state index contributed by atoms with van der Waals surface area (Å²) in [6, 6.07) is -0.792. The van der Waals surface area contributed by atoms with Crippen LogP contribution in [0.15, 0.2) is 10.8 Å². The van der Waals surface area contributed by atoms with E-state index in [0.717, 1.165) is 19.3 Å². The van der Waals surface area contributed by atoms with Crippen molar-refractivity contribution in [2.75, 3.05) is 6.61 Å². The zero-order chi connectivity index (χ0) is 14.1. The van der Waals surface area contributed by atoms with Gasteiger partial charge < -0.3 is 14.5 Å². The van der Waals surface area contributed by atoms with Crippen LogP contribution in [-0.2, 0) is 20.7 Å². The molecule has 0 fully saturated rings. The van der Waals surface area contributed by atoms with E-state index in [1.165, 1.54) is 13.3 Å². The Kier molecular flexibility index (Phi) is 6.56. The molecule has 7 heteroatoms. The predicted molar refractivity (Wildman–Crippen MR) is 66.1 cm³/mol. The number of ether oxygens (including phenoxy) is 1. The molecule has 0 bridgehead atoms. The number of esters is 1. The number of carbonyl (C=O) groups excluding carboxylic acids is 2. The largest absolute Gasteiger partial charge is 0.464 e. The van der Waals surface area contributed by atoms with Gasteiger partial charge in [-0.1, -0.05) is 19.8 Å². The van der Waals surface area contributed by atoms with E-state index in [4.69, 9.17) is 9.15 Å². The lowest BCUT2D eigenvalue weighted by Crippen LogP contribution is -2.42. The minimum absolute atomic E-state index is 0.131. The second-order valence-corrected chi connectivity index (χ2v) is 4.16. The van der Waals surface area contributed by atoms with Gasteiger partial charge in [0.15, 0.2) is 0 Å². The Balaban J connectivity index is 2.47. The Morgan fingerprint density at radius 2 is 2.26 bits per heavy atom. The minimum Gasteiger partial charge on any atom is -0.464 e. The first-order valence-electron chi connectivity index (χ1n) is 6.32. The highest BCUT2D eigenvalue weighted by molar-refractivity contribution is 5.83. The molecule has 7 nitrogen and oxygen atoms in total. The molecule has 1 rings (SSSR count). The predicted octanol–water partition coefficient (Wildman–Crippen LogP) is 0.850. The smallest absolute Gasteiger partial charge is 0.329 e. The molecule has 0 spiro atoms. The molecular weight excluding hydrogens is 250 g/mol. The second-order valence-electron chi connectivity index (χ2n) is 4.16. The van der Waals surface area contributed by atoms with Gasteiger partial charge in [0.1, 0.15) is 6.04 Å². The van der Waals surface area contributed by atoms with E-state index in [-0.39, 0.29) is 18.2 Å². The van der Waals surface area contributed by atoms with Gasteiger partial charge in [-0.3, -0.25) is 4.79 Å². The molecule has 1 heterocycles. The average molecular weight is 269 g/mol. The molecule has 0 saturated carbocycles. The monoisotopic (exact) mass is 269 g/mol. The Labute approximate surface area is 111 Å². The van der Waals surface area contributed by atoms with Crippen LogP contribution in [0.25, 0.3) is 0 Å². The summed E-state index contributed by atoms with van der Waals surface area (Å²) < 4.78 is 10.1. The summed E-state index contributed by atoms with van der Waals surface area (Å²) in [6.45, 7) is 3.76. The number of rotatable bonds is 8. The van der Waals surface area contributed by atoms with E-state index in [2.05, 4.69) is 22.4 Å². The van der Waals surface area contributed by atoms with Crippen LogP contribution in [0.3, 0.4) is 0 Å². The Bertz CT molecular complexity index is 392. The fraction of sp³-hybridized carbons (Fsp3) is 0.667. The fourth-order valence-electron chi connectivity index (χ4n) is 1.52. The molecule has 0 saturated heterocycles. The highest BCUT2D eigenvalue weighted by atomic mass is 16.5. The SMILES string of the molecule is CCCCCOC(=O)C(Cc1nnco1)NC(C)=O. The molecule has 1 N–H and O–H groups in total. The zero-order valence-corrected chi connectivity index (χ0v) is 11.2. The molecular formula is C12H19N3O4. The van der Waals surface area contributed by atoms with Gasteiger partial charge in [0.25, 0.3) is 0 Å². The molecule has 1 aromatic heterocycles. The third kappa shape index (κ3) is 5.98. The van der Waals surface area contributed by atoms with E-state index >= 15 is 0 Å². The van der Waals surface area contributed by atoms with E-state index in [9.17, 15) is 9.59 Å². The summed E-state index contributed by atoms with van der Waals surface area (Å²) in [6.07, 6.45) is 4.17. The van der Waals surface area contributed by atoms with Crippen molar-refractivity contribution in [1.82, 2.24) is 15.5 Å². The molecule has 1 unspecified atom stereocenters. The Morgan fingerprint density at radius 1 is 1.47 bits per heavy atom. The summed E-state index contributed by atoms with van der Waals surface area (Å²) in [5.41, 5.74) is 0. The highest BCUT2D eigenvalue weighted by Crippen LogP contribution is 2.02. The van der Waals surface area contributed by atoms with Gasteiger partial charge in [0.2, 0.25) is 18.2 Å². The summed E-state index contributed by atoms with van der Waals surface area (Å²) in [7, 11) is 0. The Morgan fingerprint density at radius 3 is 2.84 bits per heavy atom. The zero-order valence-electron chi connectivity index (χ0n) is 11.2. The normalized spacial score (nSPS) is 11.9. The third-order valence-corrected chi connectivity index (χ3v) is 2.44. The van der Waals surface area contributed by atoms with Crippen molar-refractivity contribution in [2.45, 2.75) is 45.6 Å². The first-order chi connectivity index (χ1) is 9.13. The summed E-state index contributed by atoms with van der Waals surface area (Å²) in [5.74, 6) is -0.510. The van der Waals surface area contributed by atoms with E-state index in [0.29, 0.717) is 6.61 Å². The van der Waals surface area contributed by atoms with Crippen molar-refractivity contribution >= 4 is 11.9 Å². The third-order valence-electron chi connectivity index (χ3n) is 2.44. The number of nitrogens with one attached hydrogen (secondary N) is 1. The first kappa shape index (κ1) is 15.1. The molecule has 0 aliphatic rings. The molecule has 1 amide bonds. The number of nitrogens with zero attached hydrogens (tertiary/aromatic N) is 2. The van der Waals surface area contributed by atoms with Gasteiger partial charge in [-0.2, -0.15) is 0 Å². The lowest BCUT2D eigenvalue weighted by atomic mass is 10.2. The van der Waals surface area contributed by atoms with Crippen LogP contribution < -0.4 is 5.32 Å². The van der Waals surface area contributed by atoms with Gasteiger partial charge in [-0.05, 0) is 6.42 Å². The molecule has 0 aliphatic heterocycles. The topological polar surface area (TPSA) is 94.3 Å². The maximum Gasteiger partial charge on any atom is 0.329 e. The number of amides is 1. The van der Waals surface area contributed by atoms with Crippen LogP contribution >= 0.6 is 0 Å². The molecule has 1 aromatic rings. The highest BCUT2D eigenvalue weighted by Gasteiger charge is 2.23. The minimum atomic E-state index is -0.792. The fourth-order valence-corrected chi connectivity index (χ4v) is 1.52. The van der Waals surface area contributed by atoms with Gasteiger partial charge in [-0.25, -0.2) is 4.79 Å². The van der Waals surface area contributed by atoms with Crippen molar-refractivity contribution in [3.05, 3.63) is 12.3 Å². The van der Waals surface area contributed by atoms with Gasteiger partial charge in [-0.15, -0.1) is 10.2 Å². The van der Waals surface area contributed by atoms with Crippen LogP contribution in [0.5, 0.6) is 0 Å². The van der Waals surface area contributed by atoms with Crippen LogP contribution in [0, 0.1) is 0 Å². The number of hydrogen-bond donors (Lipinski definition) is 1. The molecule has 0 aromatic carbocycles. The van der Waals surface area contributed by atoms with Crippen molar-refractivity contribution in [3.63, 3.8) is 0 Å². The molecule has 106 valence electrons. The number of hydrogen-bond acceptors (Lipinski definition) is 6.